The first-order valence-corrected chi connectivity index (χ1v) is 6.89. The molecule has 1 rings (SSSR count). The molecule has 3 N–H and O–H groups in total. The van der Waals surface area contributed by atoms with E-state index in [9.17, 15) is 9.59 Å². The Morgan fingerprint density at radius 1 is 1.42 bits per heavy atom. The van der Waals surface area contributed by atoms with Gasteiger partial charge in [-0.15, -0.1) is 0 Å². The summed E-state index contributed by atoms with van der Waals surface area (Å²) >= 11 is 0. The van der Waals surface area contributed by atoms with Crippen LogP contribution in [0.15, 0.2) is 0 Å². The van der Waals surface area contributed by atoms with Gasteiger partial charge in [0.15, 0.2) is 0 Å². The Kier molecular flexibility index (Phi) is 6.08. The molecule has 0 spiro atoms. The Bertz CT molecular complexity index is 320. The van der Waals surface area contributed by atoms with Crippen molar-refractivity contribution in [3.05, 3.63) is 0 Å². The van der Waals surface area contributed by atoms with Crippen molar-refractivity contribution in [2.45, 2.75) is 45.2 Å². The van der Waals surface area contributed by atoms with Crippen LogP contribution >= 0.6 is 0 Å². The van der Waals surface area contributed by atoms with Crippen LogP contribution in [0, 0.1) is 5.92 Å². The fourth-order valence-corrected chi connectivity index (χ4v) is 2.48. The van der Waals surface area contributed by atoms with Crippen molar-refractivity contribution in [1.82, 2.24) is 15.5 Å². The molecule has 0 aliphatic carbocycles. The number of rotatable bonds is 6. The molecule has 0 aromatic carbocycles. The van der Waals surface area contributed by atoms with Crippen LogP contribution in [-0.4, -0.2) is 54.2 Å². The van der Waals surface area contributed by atoms with Gasteiger partial charge in [0.1, 0.15) is 6.04 Å². The van der Waals surface area contributed by atoms with E-state index in [0.29, 0.717) is 12.6 Å². The van der Waals surface area contributed by atoms with E-state index in [2.05, 4.69) is 22.6 Å². The summed E-state index contributed by atoms with van der Waals surface area (Å²) in [5.74, 6) is -0.302. The van der Waals surface area contributed by atoms with E-state index in [4.69, 9.17) is 5.11 Å². The van der Waals surface area contributed by atoms with E-state index in [1.54, 1.807) is 0 Å². The van der Waals surface area contributed by atoms with Crippen LogP contribution < -0.4 is 10.6 Å². The molecule has 0 radical (unpaired) electrons. The van der Waals surface area contributed by atoms with Crippen molar-refractivity contribution in [3.63, 3.8) is 0 Å². The van der Waals surface area contributed by atoms with Crippen molar-refractivity contribution >= 4 is 12.0 Å². The van der Waals surface area contributed by atoms with Crippen molar-refractivity contribution in [2.75, 3.05) is 20.1 Å². The average molecular weight is 271 g/mol. The van der Waals surface area contributed by atoms with Gasteiger partial charge in [-0.2, -0.15) is 0 Å². The Balaban J connectivity index is 2.33. The first-order valence-electron chi connectivity index (χ1n) is 6.89. The number of hydrogen-bond donors (Lipinski definition) is 3. The highest BCUT2D eigenvalue weighted by atomic mass is 16.4. The van der Waals surface area contributed by atoms with Gasteiger partial charge in [0.05, 0.1) is 0 Å². The van der Waals surface area contributed by atoms with E-state index in [1.165, 1.54) is 12.8 Å². The number of nitrogens with zero attached hydrogens (tertiary/aromatic N) is 1. The molecule has 6 nitrogen and oxygen atoms in total. The van der Waals surface area contributed by atoms with E-state index in [-0.39, 0.29) is 11.8 Å². The van der Waals surface area contributed by atoms with Crippen molar-refractivity contribution < 1.29 is 14.7 Å². The van der Waals surface area contributed by atoms with Gasteiger partial charge in [-0.05, 0) is 38.8 Å². The molecular formula is C13H25N3O3. The van der Waals surface area contributed by atoms with Gasteiger partial charge in [0.25, 0.3) is 0 Å². The van der Waals surface area contributed by atoms with E-state index in [0.717, 1.165) is 13.0 Å². The summed E-state index contributed by atoms with van der Waals surface area (Å²) in [6.07, 6.45) is 2.14. The Morgan fingerprint density at radius 3 is 2.58 bits per heavy atom. The molecule has 0 aromatic rings. The number of nitrogens with one attached hydrogen (secondary N) is 2. The zero-order valence-electron chi connectivity index (χ0n) is 12.0. The molecule has 1 aliphatic heterocycles. The fourth-order valence-electron chi connectivity index (χ4n) is 2.48. The molecule has 2 atom stereocenters. The second-order valence-electron chi connectivity index (χ2n) is 5.53. The van der Waals surface area contributed by atoms with Crippen LogP contribution in [0.2, 0.25) is 0 Å². The normalized spacial score (nSPS) is 21.4. The van der Waals surface area contributed by atoms with Crippen molar-refractivity contribution in [1.29, 1.82) is 0 Å². The van der Waals surface area contributed by atoms with Crippen LogP contribution in [0.1, 0.15) is 33.1 Å². The lowest BCUT2D eigenvalue weighted by atomic mass is 10.0. The molecule has 1 heterocycles. The zero-order valence-corrected chi connectivity index (χ0v) is 12.0. The van der Waals surface area contributed by atoms with Gasteiger partial charge < -0.3 is 20.6 Å². The van der Waals surface area contributed by atoms with Gasteiger partial charge in [-0.1, -0.05) is 13.8 Å². The lowest BCUT2D eigenvalue weighted by Gasteiger charge is -2.22. The molecular weight excluding hydrogens is 246 g/mol. The Morgan fingerprint density at radius 2 is 2.11 bits per heavy atom. The molecule has 0 bridgehead atoms. The smallest absolute Gasteiger partial charge is 0.405 e. The monoisotopic (exact) mass is 271 g/mol. The molecule has 1 fully saturated rings. The highest BCUT2D eigenvalue weighted by molar-refractivity contribution is 5.85. The van der Waals surface area contributed by atoms with Gasteiger partial charge in [0, 0.05) is 12.6 Å². The van der Waals surface area contributed by atoms with E-state index in [1.807, 2.05) is 13.8 Å². The molecule has 19 heavy (non-hydrogen) atoms. The molecule has 1 aliphatic rings. The molecule has 6 heteroatoms. The number of carboxylic acid groups (broad SMARTS) is 1. The maximum absolute atomic E-state index is 11.9. The highest BCUT2D eigenvalue weighted by Gasteiger charge is 2.25. The van der Waals surface area contributed by atoms with Crippen LogP contribution in [0.3, 0.4) is 0 Å². The second kappa shape index (κ2) is 7.33. The summed E-state index contributed by atoms with van der Waals surface area (Å²) in [5.41, 5.74) is 0. The minimum atomic E-state index is -1.16. The lowest BCUT2D eigenvalue weighted by molar-refractivity contribution is -0.124. The van der Waals surface area contributed by atoms with Crippen molar-refractivity contribution in [2.24, 2.45) is 5.92 Å². The van der Waals surface area contributed by atoms with Crippen LogP contribution in [0.4, 0.5) is 4.79 Å². The Labute approximate surface area is 114 Å². The van der Waals surface area contributed by atoms with Gasteiger partial charge in [0.2, 0.25) is 5.91 Å². The summed E-state index contributed by atoms with van der Waals surface area (Å²) in [6.45, 7) is 5.36. The van der Waals surface area contributed by atoms with Crippen LogP contribution in [0.5, 0.6) is 0 Å². The third-order valence-corrected chi connectivity index (χ3v) is 3.68. The maximum Gasteiger partial charge on any atom is 0.405 e. The fraction of sp³-hybridized carbons (Fsp3) is 0.846. The molecule has 0 saturated carbocycles. The third-order valence-electron chi connectivity index (χ3n) is 3.68. The SMILES string of the molecule is CC(C)C(NC(=O)O)C(=O)NCCC1CCCN1C. The summed E-state index contributed by atoms with van der Waals surface area (Å²) < 4.78 is 0. The van der Waals surface area contributed by atoms with Gasteiger partial charge in [-0.3, -0.25) is 4.79 Å². The van der Waals surface area contributed by atoms with E-state index < -0.39 is 12.1 Å². The van der Waals surface area contributed by atoms with Gasteiger partial charge >= 0.3 is 6.09 Å². The zero-order chi connectivity index (χ0) is 14.4. The first kappa shape index (κ1) is 15.8. The number of carbonyl (C=O) groups is 2. The third kappa shape index (κ3) is 5.06. The molecule has 0 aromatic heterocycles. The largest absolute Gasteiger partial charge is 0.465 e. The predicted molar refractivity (Wildman–Crippen MR) is 73.1 cm³/mol. The van der Waals surface area contributed by atoms with Gasteiger partial charge in [-0.25, -0.2) is 4.79 Å². The average Bonchev–Trinajstić information content (AvgIpc) is 2.71. The first-order chi connectivity index (χ1) is 8.91. The summed E-state index contributed by atoms with van der Waals surface area (Å²) in [6, 6.07) is -0.149. The Hall–Kier alpha value is -1.30. The summed E-state index contributed by atoms with van der Waals surface area (Å²) in [5, 5.41) is 13.8. The standard InChI is InChI=1S/C13H25N3O3/c1-9(2)11(15-13(18)19)12(17)14-7-6-10-5-4-8-16(10)3/h9-11,15H,4-8H2,1-3H3,(H,14,17)(H,18,19). The van der Waals surface area contributed by atoms with Crippen LogP contribution in [-0.2, 0) is 4.79 Å². The minimum absolute atomic E-state index is 0.0646. The maximum atomic E-state index is 11.9. The molecule has 2 amide bonds. The number of hydrogen-bond acceptors (Lipinski definition) is 3. The number of likely N-dealkylation sites (tertiary alicyclic amines) is 1. The summed E-state index contributed by atoms with van der Waals surface area (Å²) in [4.78, 5) is 24.9. The van der Waals surface area contributed by atoms with Crippen molar-refractivity contribution in [3.8, 4) is 0 Å². The number of amides is 2. The van der Waals surface area contributed by atoms with Crippen LogP contribution in [0.25, 0.3) is 0 Å². The predicted octanol–water partition coefficient (Wildman–Crippen LogP) is 0.879. The molecule has 2 unspecified atom stereocenters. The topological polar surface area (TPSA) is 81.7 Å². The second-order valence-corrected chi connectivity index (χ2v) is 5.53. The lowest BCUT2D eigenvalue weighted by Crippen LogP contribution is -2.49. The van der Waals surface area contributed by atoms with E-state index >= 15 is 0 Å². The quantitative estimate of drug-likeness (QED) is 0.670. The number of carbonyl (C=O) groups excluding carboxylic acids is 1. The minimum Gasteiger partial charge on any atom is -0.465 e. The highest BCUT2D eigenvalue weighted by Crippen LogP contribution is 2.17. The summed E-state index contributed by atoms with van der Waals surface area (Å²) in [7, 11) is 2.10. The molecule has 110 valence electrons. The molecule has 1 saturated heterocycles.